The Labute approximate surface area is 325 Å². The van der Waals surface area contributed by atoms with Gasteiger partial charge in [-0.3, -0.25) is 9.69 Å². The zero-order valence-corrected chi connectivity index (χ0v) is 32.7. The fourth-order valence-electron chi connectivity index (χ4n) is 6.49. The van der Waals surface area contributed by atoms with Crippen LogP contribution in [0.4, 0.5) is 0 Å². The van der Waals surface area contributed by atoms with Crippen molar-refractivity contribution in [2.45, 2.75) is 65.6 Å². The van der Waals surface area contributed by atoms with Gasteiger partial charge in [0.05, 0.1) is 17.8 Å². The van der Waals surface area contributed by atoms with E-state index in [0.717, 1.165) is 48.4 Å². The number of carbonyl (C=O) groups is 1. The van der Waals surface area contributed by atoms with Crippen LogP contribution in [0, 0.1) is 13.8 Å². The lowest BCUT2D eigenvalue weighted by Crippen LogP contribution is -2.35. The van der Waals surface area contributed by atoms with Crippen LogP contribution in [-0.2, 0) is 24.4 Å². The molecule has 2 heterocycles. The highest BCUT2D eigenvalue weighted by Crippen LogP contribution is 2.34. The van der Waals surface area contributed by atoms with Crippen LogP contribution in [0.3, 0.4) is 0 Å². The lowest BCUT2D eigenvalue weighted by Gasteiger charge is -2.24. The number of hydrogen-bond donors (Lipinski definition) is 0. The molecule has 1 fully saturated rings. The zero-order chi connectivity index (χ0) is 38.0. The number of benzene rings is 4. The Bertz CT molecular complexity index is 1990. The average Bonchev–Trinajstić information content (AvgIpc) is 3.68. The molecule has 1 unspecified atom stereocenters. The quantitative estimate of drug-likeness (QED) is 0.0995. The Morgan fingerprint density at radius 3 is 2.30 bits per heavy atom. The van der Waals surface area contributed by atoms with Gasteiger partial charge in [0.2, 0.25) is 11.8 Å². The summed E-state index contributed by atoms with van der Waals surface area (Å²) >= 11 is 6.66. The van der Waals surface area contributed by atoms with E-state index in [1.807, 2.05) is 30.0 Å². The standard InChI is InChI=1S/C46H50ClN3O4/c1-32(2)39-15-17-41(18-16-39)52-25-23-35-10-12-36(13-11-35)29-49(5)40-22-24-50(30-40)45(51)21-14-38-26-34(4)46(43(47)27-38)54-44-20-19-42(28-48-44)53-31-37-8-6-33(3)7-9-37/h6-21,26-28,32,40H,22-25,29-31H2,1-5H3. The van der Waals surface area contributed by atoms with Crippen LogP contribution >= 0.6 is 11.6 Å². The van der Waals surface area contributed by atoms with E-state index in [1.165, 1.54) is 22.3 Å². The summed E-state index contributed by atoms with van der Waals surface area (Å²) in [6, 6.07) is 33.0. The Kier molecular flexibility index (Phi) is 13.1. The van der Waals surface area contributed by atoms with E-state index < -0.39 is 0 Å². The second-order valence-electron chi connectivity index (χ2n) is 14.5. The molecule has 0 N–H and O–H groups in total. The molecule has 1 amide bonds. The first-order valence-electron chi connectivity index (χ1n) is 18.7. The molecule has 6 rings (SSSR count). The van der Waals surface area contributed by atoms with Gasteiger partial charge < -0.3 is 19.1 Å². The number of halogens is 1. The average molecular weight is 744 g/mol. The predicted octanol–water partition coefficient (Wildman–Crippen LogP) is 10.2. The van der Waals surface area contributed by atoms with Gasteiger partial charge in [0.15, 0.2) is 5.75 Å². The van der Waals surface area contributed by atoms with Crippen molar-refractivity contribution in [3.8, 4) is 23.1 Å². The van der Waals surface area contributed by atoms with Crippen LogP contribution in [-0.4, -0.2) is 53.5 Å². The fourth-order valence-corrected chi connectivity index (χ4v) is 6.80. The monoisotopic (exact) mass is 743 g/mol. The lowest BCUT2D eigenvalue weighted by molar-refractivity contribution is -0.125. The third-order valence-electron chi connectivity index (χ3n) is 9.87. The SMILES string of the molecule is Cc1ccc(COc2ccc(Oc3c(C)cc(C=CC(=O)N4CCC(N(C)Cc5ccc(CCOc6ccc(C(C)C)cc6)cc5)C4)cc3Cl)nc2)cc1. The van der Waals surface area contributed by atoms with E-state index in [2.05, 4.69) is 110 Å². The summed E-state index contributed by atoms with van der Waals surface area (Å²) in [7, 11) is 2.14. The molecule has 1 saturated heterocycles. The fraction of sp³-hybridized carbons (Fsp3) is 0.304. The van der Waals surface area contributed by atoms with Gasteiger partial charge in [0.25, 0.3) is 0 Å². The third-order valence-corrected chi connectivity index (χ3v) is 10.2. The first-order valence-corrected chi connectivity index (χ1v) is 19.1. The molecule has 4 aromatic carbocycles. The van der Waals surface area contributed by atoms with Crippen molar-refractivity contribution in [2.75, 3.05) is 26.7 Å². The molecule has 0 saturated carbocycles. The van der Waals surface area contributed by atoms with Crippen molar-refractivity contribution in [3.05, 3.63) is 153 Å². The number of aromatic nitrogens is 1. The number of rotatable bonds is 15. The normalized spacial score (nSPS) is 14.3. The highest BCUT2D eigenvalue weighted by atomic mass is 35.5. The second-order valence-corrected chi connectivity index (χ2v) is 14.9. The number of likely N-dealkylation sites (tertiary alicyclic amines) is 1. The summed E-state index contributed by atoms with van der Waals surface area (Å²) in [5, 5.41) is 0.445. The first-order chi connectivity index (χ1) is 26.1. The summed E-state index contributed by atoms with van der Waals surface area (Å²) in [5.41, 5.74) is 7.80. The smallest absolute Gasteiger partial charge is 0.246 e. The van der Waals surface area contributed by atoms with Crippen LogP contribution in [0.25, 0.3) is 6.08 Å². The number of aryl methyl sites for hydroxylation is 2. The van der Waals surface area contributed by atoms with E-state index in [4.69, 9.17) is 25.8 Å². The van der Waals surface area contributed by atoms with E-state index in [1.54, 1.807) is 24.4 Å². The molecule has 8 heteroatoms. The Balaban J connectivity index is 0.939. The number of nitrogens with zero attached hydrogens (tertiary/aromatic N) is 3. The third kappa shape index (κ3) is 10.7. The minimum atomic E-state index is -0.00340. The van der Waals surface area contributed by atoms with Gasteiger partial charge in [-0.15, -0.1) is 0 Å². The minimum absolute atomic E-state index is 0.00340. The van der Waals surface area contributed by atoms with Gasteiger partial charge in [0, 0.05) is 44.2 Å². The molecule has 1 aliphatic heterocycles. The maximum absolute atomic E-state index is 13.2. The lowest BCUT2D eigenvalue weighted by atomic mass is 10.0. The van der Waals surface area contributed by atoms with E-state index >= 15 is 0 Å². The van der Waals surface area contributed by atoms with Gasteiger partial charge in [-0.25, -0.2) is 4.98 Å². The molecule has 1 atom stereocenters. The molecule has 0 aliphatic carbocycles. The topological polar surface area (TPSA) is 64.1 Å². The van der Waals surface area contributed by atoms with Gasteiger partial charge in [0.1, 0.15) is 18.1 Å². The van der Waals surface area contributed by atoms with Crippen LogP contribution in [0.2, 0.25) is 5.02 Å². The molecule has 5 aromatic rings. The molecule has 7 nitrogen and oxygen atoms in total. The number of hydrogen-bond acceptors (Lipinski definition) is 6. The van der Waals surface area contributed by atoms with E-state index in [0.29, 0.717) is 54.1 Å². The van der Waals surface area contributed by atoms with Crippen molar-refractivity contribution in [3.63, 3.8) is 0 Å². The van der Waals surface area contributed by atoms with E-state index in [-0.39, 0.29) is 5.91 Å². The summed E-state index contributed by atoms with van der Waals surface area (Å²) in [6.45, 7) is 11.7. The predicted molar refractivity (Wildman–Crippen MR) is 218 cm³/mol. The van der Waals surface area contributed by atoms with Crippen molar-refractivity contribution in [1.29, 1.82) is 0 Å². The van der Waals surface area contributed by atoms with Gasteiger partial charge in [-0.05, 0) is 103 Å². The van der Waals surface area contributed by atoms with Crippen LogP contribution in [0.1, 0.15) is 65.1 Å². The molecule has 1 aliphatic rings. The largest absolute Gasteiger partial charge is 0.493 e. The molecular formula is C46H50ClN3O4. The summed E-state index contributed by atoms with van der Waals surface area (Å²) in [5.74, 6) is 3.02. The molecule has 0 bridgehead atoms. The molecule has 54 heavy (non-hydrogen) atoms. The van der Waals surface area contributed by atoms with Crippen molar-refractivity contribution in [2.24, 2.45) is 0 Å². The highest BCUT2D eigenvalue weighted by Gasteiger charge is 2.28. The Hall–Kier alpha value is -5.11. The molecule has 1 aromatic heterocycles. The van der Waals surface area contributed by atoms with Gasteiger partial charge in [-0.2, -0.15) is 0 Å². The number of likely N-dealkylation sites (N-methyl/N-ethyl adjacent to an activating group) is 1. The summed E-state index contributed by atoms with van der Waals surface area (Å²) in [6.07, 6.45) is 6.88. The van der Waals surface area contributed by atoms with Crippen LogP contribution < -0.4 is 14.2 Å². The Morgan fingerprint density at radius 1 is 0.907 bits per heavy atom. The van der Waals surface area contributed by atoms with Gasteiger partial charge in [-0.1, -0.05) is 91.7 Å². The van der Waals surface area contributed by atoms with Crippen molar-refractivity contribution in [1.82, 2.24) is 14.8 Å². The number of amides is 1. The van der Waals surface area contributed by atoms with Crippen LogP contribution in [0.15, 0.2) is 109 Å². The second kappa shape index (κ2) is 18.3. The minimum Gasteiger partial charge on any atom is -0.493 e. The van der Waals surface area contributed by atoms with Gasteiger partial charge >= 0.3 is 0 Å². The van der Waals surface area contributed by atoms with Crippen molar-refractivity contribution >= 4 is 23.6 Å². The highest BCUT2D eigenvalue weighted by molar-refractivity contribution is 6.32. The van der Waals surface area contributed by atoms with Crippen molar-refractivity contribution < 1.29 is 19.0 Å². The van der Waals surface area contributed by atoms with Crippen LogP contribution in [0.5, 0.6) is 23.1 Å². The zero-order valence-electron chi connectivity index (χ0n) is 31.9. The molecule has 280 valence electrons. The molecular weight excluding hydrogens is 694 g/mol. The summed E-state index contributed by atoms with van der Waals surface area (Å²) < 4.78 is 17.9. The Morgan fingerprint density at radius 2 is 1.61 bits per heavy atom. The number of carbonyl (C=O) groups excluding carboxylic acids is 1. The maximum Gasteiger partial charge on any atom is 0.246 e. The molecule has 0 radical (unpaired) electrons. The first kappa shape index (κ1) is 38.6. The number of pyridine rings is 1. The van der Waals surface area contributed by atoms with E-state index in [9.17, 15) is 4.79 Å². The molecule has 0 spiro atoms. The summed E-state index contributed by atoms with van der Waals surface area (Å²) in [4.78, 5) is 21.8. The number of ether oxygens (including phenoxy) is 3. The maximum atomic E-state index is 13.2.